The van der Waals surface area contributed by atoms with Crippen LogP contribution >= 0.6 is 22.9 Å². The third kappa shape index (κ3) is 3.36. The summed E-state index contributed by atoms with van der Waals surface area (Å²) in [5.74, 6) is -0.0955. The van der Waals surface area contributed by atoms with Crippen LogP contribution in [-0.2, 0) is 0 Å². The Morgan fingerprint density at radius 2 is 1.84 bits per heavy atom. The van der Waals surface area contributed by atoms with Crippen LogP contribution in [0.4, 0.5) is 5.69 Å². The molecule has 0 saturated carbocycles. The molecule has 1 saturated heterocycles. The Morgan fingerprint density at radius 3 is 2.59 bits per heavy atom. The van der Waals surface area contributed by atoms with Gasteiger partial charge in [0, 0.05) is 48.0 Å². The van der Waals surface area contributed by atoms with E-state index in [1.54, 1.807) is 18.3 Å². The van der Waals surface area contributed by atoms with E-state index >= 15 is 0 Å². The van der Waals surface area contributed by atoms with Gasteiger partial charge in [-0.25, -0.2) is 4.98 Å². The molecule has 1 aliphatic rings. The van der Waals surface area contributed by atoms with Crippen molar-refractivity contribution in [3.05, 3.63) is 73.5 Å². The van der Waals surface area contributed by atoms with Crippen LogP contribution in [0.3, 0.4) is 0 Å². The molecule has 8 heteroatoms. The minimum atomic E-state index is -0.122. The van der Waals surface area contributed by atoms with Gasteiger partial charge in [-0.05, 0) is 56.2 Å². The Labute approximate surface area is 194 Å². The molecule has 0 spiro atoms. The molecule has 1 aromatic carbocycles. The Kier molecular flexibility index (Phi) is 5.18. The maximum Gasteiger partial charge on any atom is 0.266 e. The molecule has 32 heavy (non-hydrogen) atoms. The van der Waals surface area contributed by atoms with Crippen LogP contribution in [0, 0.1) is 20.8 Å². The SMILES string of the molecule is Cc1ccc(Cl)cc1N1CCN(C(=O)c2cccn3c(=O)c4c(C)c(C)sc4nc23)CC1. The number of piperazine rings is 1. The van der Waals surface area contributed by atoms with Gasteiger partial charge < -0.3 is 9.80 Å². The van der Waals surface area contributed by atoms with Crippen LogP contribution in [-0.4, -0.2) is 46.4 Å². The van der Waals surface area contributed by atoms with Gasteiger partial charge in [0.15, 0.2) is 5.65 Å². The minimum absolute atomic E-state index is 0.0955. The van der Waals surface area contributed by atoms with Crippen molar-refractivity contribution < 1.29 is 4.79 Å². The second-order valence-electron chi connectivity index (χ2n) is 8.21. The van der Waals surface area contributed by atoms with Crippen LogP contribution in [0.1, 0.15) is 26.4 Å². The molecule has 1 amide bonds. The fourth-order valence-corrected chi connectivity index (χ4v) is 5.53. The Hall–Kier alpha value is -2.90. The predicted molar refractivity (Wildman–Crippen MR) is 131 cm³/mol. The van der Waals surface area contributed by atoms with E-state index in [1.807, 2.05) is 36.9 Å². The van der Waals surface area contributed by atoms with Gasteiger partial charge in [0.05, 0.1) is 10.9 Å². The molecule has 4 heterocycles. The van der Waals surface area contributed by atoms with Crippen molar-refractivity contribution in [1.82, 2.24) is 14.3 Å². The molecule has 5 rings (SSSR count). The lowest BCUT2D eigenvalue weighted by Crippen LogP contribution is -2.49. The maximum absolute atomic E-state index is 13.4. The number of thiophene rings is 1. The van der Waals surface area contributed by atoms with Crippen molar-refractivity contribution in [3.63, 3.8) is 0 Å². The topological polar surface area (TPSA) is 57.9 Å². The standard InChI is InChI=1S/C24H23ClN4O2S/c1-14-6-7-17(25)13-19(14)27-9-11-28(12-10-27)23(30)18-5-4-8-29-21(18)26-22-20(24(29)31)15(2)16(3)32-22/h4-8,13H,9-12H2,1-3H3. The third-order valence-corrected chi connectivity index (χ3v) is 7.62. The van der Waals surface area contributed by atoms with Crippen LogP contribution in [0.15, 0.2) is 41.3 Å². The number of rotatable bonds is 2. The molecule has 0 bridgehead atoms. The van der Waals surface area contributed by atoms with Crippen LogP contribution in [0.2, 0.25) is 5.02 Å². The second kappa shape index (κ2) is 7.90. The molecule has 4 aromatic rings. The average molecular weight is 467 g/mol. The van der Waals surface area contributed by atoms with E-state index in [-0.39, 0.29) is 11.5 Å². The number of nitrogens with zero attached hydrogens (tertiary/aromatic N) is 4. The number of carbonyl (C=O) groups is 1. The van der Waals surface area contributed by atoms with Crippen molar-refractivity contribution >= 4 is 50.4 Å². The molecule has 1 aliphatic heterocycles. The summed E-state index contributed by atoms with van der Waals surface area (Å²) in [6, 6.07) is 9.39. The molecule has 6 nitrogen and oxygen atoms in total. The highest BCUT2D eigenvalue weighted by atomic mass is 35.5. The minimum Gasteiger partial charge on any atom is -0.368 e. The number of fused-ring (bicyclic) bond motifs is 2. The Morgan fingerprint density at radius 1 is 1.09 bits per heavy atom. The van der Waals surface area contributed by atoms with E-state index in [0.717, 1.165) is 34.8 Å². The number of benzene rings is 1. The van der Waals surface area contributed by atoms with Gasteiger partial charge in [-0.15, -0.1) is 11.3 Å². The predicted octanol–water partition coefficient (Wildman–Crippen LogP) is 4.45. The number of pyridine rings is 1. The molecular weight excluding hydrogens is 444 g/mol. The van der Waals surface area contributed by atoms with Gasteiger partial charge in [0.2, 0.25) is 0 Å². The van der Waals surface area contributed by atoms with E-state index in [4.69, 9.17) is 16.6 Å². The smallest absolute Gasteiger partial charge is 0.266 e. The van der Waals surface area contributed by atoms with Gasteiger partial charge in [-0.2, -0.15) is 0 Å². The molecular formula is C24H23ClN4O2S. The van der Waals surface area contributed by atoms with E-state index in [9.17, 15) is 9.59 Å². The molecule has 3 aromatic heterocycles. The van der Waals surface area contributed by atoms with Gasteiger partial charge in [-0.3, -0.25) is 14.0 Å². The summed E-state index contributed by atoms with van der Waals surface area (Å²) in [6.45, 7) is 8.63. The largest absolute Gasteiger partial charge is 0.368 e. The Balaban J connectivity index is 1.46. The van der Waals surface area contributed by atoms with Crippen molar-refractivity contribution in [2.75, 3.05) is 31.1 Å². The first-order valence-corrected chi connectivity index (χ1v) is 11.8. The number of carbonyl (C=O) groups excluding carboxylic acids is 1. The van der Waals surface area contributed by atoms with E-state index in [1.165, 1.54) is 15.7 Å². The quantitative estimate of drug-likeness (QED) is 0.438. The monoisotopic (exact) mass is 466 g/mol. The summed E-state index contributed by atoms with van der Waals surface area (Å²) >= 11 is 7.69. The fourth-order valence-electron chi connectivity index (χ4n) is 4.35. The number of aromatic nitrogens is 2. The lowest BCUT2D eigenvalue weighted by Gasteiger charge is -2.37. The van der Waals surface area contributed by atoms with Gasteiger partial charge in [0.25, 0.3) is 11.5 Å². The number of amides is 1. The first-order valence-electron chi connectivity index (χ1n) is 10.6. The molecule has 0 N–H and O–H groups in total. The van der Waals surface area contributed by atoms with E-state index in [2.05, 4.69) is 11.8 Å². The van der Waals surface area contributed by atoms with E-state index < -0.39 is 0 Å². The highest BCUT2D eigenvalue weighted by Crippen LogP contribution is 2.28. The lowest BCUT2D eigenvalue weighted by atomic mass is 10.1. The molecule has 1 fully saturated rings. The maximum atomic E-state index is 13.4. The number of halogens is 1. The number of hydrogen-bond donors (Lipinski definition) is 0. The molecule has 0 radical (unpaired) electrons. The number of aryl methyl sites for hydroxylation is 3. The van der Waals surface area contributed by atoms with Crippen molar-refractivity contribution in [3.8, 4) is 0 Å². The summed E-state index contributed by atoms with van der Waals surface area (Å²) < 4.78 is 1.50. The zero-order valence-corrected chi connectivity index (χ0v) is 19.8. The number of anilines is 1. The van der Waals surface area contributed by atoms with Crippen molar-refractivity contribution in [2.45, 2.75) is 20.8 Å². The highest BCUT2D eigenvalue weighted by molar-refractivity contribution is 7.18. The first kappa shape index (κ1) is 21.0. The molecule has 164 valence electrons. The summed E-state index contributed by atoms with van der Waals surface area (Å²) in [6.07, 6.45) is 1.69. The van der Waals surface area contributed by atoms with Crippen LogP contribution in [0.5, 0.6) is 0 Å². The van der Waals surface area contributed by atoms with E-state index in [0.29, 0.717) is 39.5 Å². The average Bonchev–Trinajstić information content (AvgIpc) is 3.08. The van der Waals surface area contributed by atoms with Gasteiger partial charge >= 0.3 is 0 Å². The summed E-state index contributed by atoms with van der Waals surface area (Å²) in [7, 11) is 0. The van der Waals surface area contributed by atoms with Crippen LogP contribution < -0.4 is 10.5 Å². The van der Waals surface area contributed by atoms with Crippen LogP contribution in [0.25, 0.3) is 15.9 Å². The lowest BCUT2D eigenvalue weighted by molar-refractivity contribution is 0.0748. The second-order valence-corrected chi connectivity index (χ2v) is 9.85. The van der Waals surface area contributed by atoms with Crippen molar-refractivity contribution in [2.24, 2.45) is 0 Å². The van der Waals surface area contributed by atoms with Gasteiger partial charge in [-0.1, -0.05) is 17.7 Å². The first-order chi connectivity index (χ1) is 15.3. The zero-order chi connectivity index (χ0) is 22.6. The molecule has 0 unspecified atom stereocenters. The third-order valence-electron chi connectivity index (χ3n) is 6.28. The van der Waals surface area contributed by atoms with Gasteiger partial charge in [0.1, 0.15) is 4.83 Å². The Bertz CT molecular complexity index is 1430. The summed E-state index contributed by atoms with van der Waals surface area (Å²) in [4.78, 5) is 37.1. The summed E-state index contributed by atoms with van der Waals surface area (Å²) in [5.41, 5.74) is 3.99. The zero-order valence-electron chi connectivity index (χ0n) is 18.2. The normalized spacial score (nSPS) is 14.5. The molecule has 0 aliphatic carbocycles. The van der Waals surface area contributed by atoms with Crippen molar-refractivity contribution in [1.29, 1.82) is 0 Å². The summed E-state index contributed by atoms with van der Waals surface area (Å²) in [5, 5.41) is 1.35. The molecule has 0 atom stereocenters. The number of hydrogen-bond acceptors (Lipinski definition) is 5. The highest BCUT2D eigenvalue weighted by Gasteiger charge is 2.26. The fraction of sp³-hybridized carbons (Fsp3) is 0.292.